The van der Waals surface area contributed by atoms with E-state index in [4.69, 9.17) is 28.3 Å². The number of amides is 3. The normalized spacial score (nSPS) is 23.0. The summed E-state index contributed by atoms with van der Waals surface area (Å²) in [5.74, 6) is 0.251. The molecule has 0 saturated carbocycles. The number of fused-ring (bicyclic) bond motifs is 1. The first-order valence-electron chi connectivity index (χ1n) is 6.92. The Kier molecular flexibility index (Phi) is 4.06. The SMILES string of the molecule is O=C(NCc1ccc(Cl)cc1Cl)N1CC2CN(C(=O)O)C2C1. The van der Waals surface area contributed by atoms with Crippen molar-refractivity contribution in [2.24, 2.45) is 5.92 Å². The molecule has 2 unspecified atom stereocenters. The molecule has 2 aliphatic rings. The van der Waals surface area contributed by atoms with Gasteiger partial charge in [0.05, 0.1) is 6.04 Å². The lowest BCUT2D eigenvalue weighted by molar-refractivity contribution is 0.0505. The van der Waals surface area contributed by atoms with Crippen molar-refractivity contribution < 1.29 is 14.7 Å². The smallest absolute Gasteiger partial charge is 0.407 e. The van der Waals surface area contributed by atoms with Crippen LogP contribution in [0, 0.1) is 5.92 Å². The molecule has 1 aromatic carbocycles. The Morgan fingerprint density at radius 2 is 2.05 bits per heavy atom. The third-order valence-corrected chi connectivity index (χ3v) is 4.80. The van der Waals surface area contributed by atoms with Crippen LogP contribution in [0.4, 0.5) is 9.59 Å². The number of rotatable bonds is 2. The number of nitrogens with zero attached hydrogens (tertiary/aromatic N) is 2. The van der Waals surface area contributed by atoms with Crippen LogP contribution in [0.5, 0.6) is 0 Å². The Balaban J connectivity index is 1.54. The van der Waals surface area contributed by atoms with Gasteiger partial charge in [0.1, 0.15) is 0 Å². The van der Waals surface area contributed by atoms with Crippen LogP contribution >= 0.6 is 23.2 Å². The average Bonchev–Trinajstić information content (AvgIpc) is 2.75. The van der Waals surface area contributed by atoms with E-state index in [1.807, 2.05) is 0 Å². The third kappa shape index (κ3) is 2.80. The summed E-state index contributed by atoms with van der Waals surface area (Å²) in [7, 11) is 0. The third-order valence-electron chi connectivity index (χ3n) is 4.22. The first-order chi connectivity index (χ1) is 10.5. The molecule has 0 aromatic heterocycles. The van der Waals surface area contributed by atoms with Crippen LogP contribution in [0.3, 0.4) is 0 Å². The summed E-state index contributed by atoms with van der Waals surface area (Å²) in [6.07, 6.45) is -0.920. The maximum atomic E-state index is 12.2. The molecule has 0 radical (unpaired) electrons. The highest BCUT2D eigenvalue weighted by molar-refractivity contribution is 6.35. The van der Waals surface area contributed by atoms with Crippen LogP contribution in [0.1, 0.15) is 5.56 Å². The number of nitrogens with one attached hydrogen (secondary N) is 1. The zero-order valence-electron chi connectivity index (χ0n) is 11.6. The molecule has 1 aromatic rings. The first-order valence-corrected chi connectivity index (χ1v) is 7.67. The fourth-order valence-electron chi connectivity index (χ4n) is 2.97. The van der Waals surface area contributed by atoms with Gasteiger partial charge in [0.25, 0.3) is 0 Å². The van der Waals surface area contributed by atoms with Crippen molar-refractivity contribution >= 4 is 35.3 Å². The van der Waals surface area contributed by atoms with E-state index >= 15 is 0 Å². The Morgan fingerprint density at radius 1 is 1.27 bits per heavy atom. The lowest BCUT2D eigenvalue weighted by atomic mass is 9.93. The van der Waals surface area contributed by atoms with Crippen molar-refractivity contribution in [3.05, 3.63) is 33.8 Å². The van der Waals surface area contributed by atoms with Crippen LogP contribution in [-0.4, -0.2) is 52.7 Å². The number of carbonyl (C=O) groups excluding carboxylic acids is 1. The quantitative estimate of drug-likeness (QED) is 0.866. The van der Waals surface area contributed by atoms with Crippen LogP contribution in [-0.2, 0) is 6.54 Å². The number of hydrogen-bond donors (Lipinski definition) is 2. The molecule has 3 rings (SSSR count). The van der Waals surface area contributed by atoms with E-state index < -0.39 is 6.09 Å². The number of likely N-dealkylation sites (tertiary alicyclic amines) is 2. The van der Waals surface area contributed by atoms with Gasteiger partial charge >= 0.3 is 12.1 Å². The monoisotopic (exact) mass is 343 g/mol. The molecule has 8 heteroatoms. The average molecular weight is 344 g/mol. The fraction of sp³-hybridized carbons (Fsp3) is 0.429. The molecule has 0 aliphatic carbocycles. The van der Waals surface area contributed by atoms with Crippen LogP contribution < -0.4 is 5.32 Å². The van der Waals surface area contributed by atoms with Gasteiger partial charge in [0, 0.05) is 42.1 Å². The maximum absolute atomic E-state index is 12.2. The predicted octanol–water partition coefficient (Wildman–Crippen LogP) is 2.50. The zero-order valence-corrected chi connectivity index (χ0v) is 13.1. The molecule has 3 amide bonds. The summed E-state index contributed by atoms with van der Waals surface area (Å²) >= 11 is 11.9. The van der Waals surface area contributed by atoms with Crippen LogP contribution in [0.25, 0.3) is 0 Å². The molecular formula is C14H15Cl2N3O3. The predicted molar refractivity (Wildman–Crippen MR) is 82.3 cm³/mol. The van der Waals surface area contributed by atoms with E-state index in [-0.39, 0.29) is 18.0 Å². The highest BCUT2D eigenvalue weighted by atomic mass is 35.5. The lowest BCUT2D eigenvalue weighted by Crippen LogP contribution is -2.57. The number of urea groups is 1. The Labute approximate surface area is 137 Å². The summed E-state index contributed by atoms with van der Waals surface area (Å²) < 4.78 is 0. The highest BCUT2D eigenvalue weighted by Crippen LogP contribution is 2.32. The lowest BCUT2D eigenvalue weighted by Gasteiger charge is -2.40. The van der Waals surface area contributed by atoms with E-state index in [0.717, 1.165) is 5.56 Å². The van der Waals surface area contributed by atoms with Crippen molar-refractivity contribution in [1.29, 1.82) is 0 Å². The second kappa shape index (κ2) is 5.85. The van der Waals surface area contributed by atoms with Gasteiger partial charge in [-0.05, 0) is 17.7 Å². The van der Waals surface area contributed by atoms with Gasteiger partial charge in [-0.1, -0.05) is 29.3 Å². The molecule has 2 fully saturated rings. The Hall–Kier alpha value is -1.66. The number of benzene rings is 1. The molecule has 2 atom stereocenters. The molecule has 0 bridgehead atoms. The van der Waals surface area contributed by atoms with E-state index in [9.17, 15) is 9.59 Å². The molecular weight excluding hydrogens is 329 g/mol. The minimum atomic E-state index is -0.920. The van der Waals surface area contributed by atoms with Crippen molar-refractivity contribution in [3.8, 4) is 0 Å². The number of carboxylic acid groups (broad SMARTS) is 1. The molecule has 2 heterocycles. The zero-order chi connectivity index (χ0) is 15.9. The second-order valence-electron chi connectivity index (χ2n) is 5.56. The molecule has 2 aliphatic heterocycles. The summed E-state index contributed by atoms with van der Waals surface area (Å²) in [4.78, 5) is 26.2. The van der Waals surface area contributed by atoms with Crippen molar-refractivity contribution in [2.75, 3.05) is 19.6 Å². The van der Waals surface area contributed by atoms with Gasteiger partial charge in [-0.25, -0.2) is 9.59 Å². The summed E-state index contributed by atoms with van der Waals surface area (Å²) in [6, 6.07) is 4.85. The van der Waals surface area contributed by atoms with Gasteiger partial charge < -0.3 is 20.2 Å². The summed E-state index contributed by atoms with van der Waals surface area (Å²) in [5.41, 5.74) is 0.786. The minimum Gasteiger partial charge on any atom is -0.465 e. The van der Waals surface area contributed by atoms with Gasteiger partial charge in [-0.3, -0.25) is 0 Å². The Bertz CT molecular complexity index is 625. The van der Waals surface area contributed by atoms with Gasteiger partial charge in [0.15, 0.2) is 0 Å². The molecule has 22 heavy (non-hydrogen) atoms. The Morgan fingerprint density at radius 3 is 2.73 bits per heavy atom. The van der Waals surface area contributed by atoms with Gasteiger partial charge in [-0.2, -0.15) is 0 Å². The topological polar surface area (TPSA) is 72.9 Å². The molecule has 6 nitrogen and oxygen atoms in total. The first kappa shape index (κ1) is 15.2. The summed E-state index contributed by atoms with van der Waals surface area (Å²) in [6.45, 7) is 1.85. The summed E-state index contributed by atoms with van der Waals surface area (Å²) in [5, 5.41) is 12.9. The van der Waals surface area contributed by atoms with E-state index in [1.54, 1.807) is 23.1 Å². The van der Waals surface area contributed by atoms with Gasteiger partial charge in [0.2, 0.25) is 0 Å². The van der Waals surface area contributed by atoms with Crippen molar-refractivity contribution in [1.82, 2.24) is 15.1 Å². The van der Waals surface area contributed by atoms with Crippen LogP contribution in [0.2, 0.25) is 10.0 Å². The van der Waals surface area contributed by atoms with E-state index in [2.05, 4.69) is 5.32 Å². The number of halogens is 2. The molecule has 118 valence electrons. The molecule has 0 spiro atoms. The van der Waals surface area contributed by atoms with E-state index in [1.165, 1.54) is 4.90 Å². The van der Waals surface area contributed by atoms with E-state index in [0.29, 0.717) is 36.2 Å². The fourth-order valence-corrected chi connectivity index (χ4v) is 3.45. The van der Waals surface area contributed by atoms with Gasteiger partial charge in [-0.15, -0.1) is 0 Å². The highest BCUT2D eigenvalue weighted by Gasteiger charge is 2.49. The van der Waals surface area contributed by atoms with Crippen molar-refractivity contribution in [3.63, 3.8) is 0 Å². The van der Waals surface area contributed by atoms with Crippen LogP contribution in [0.15, 0.2) is 18.2 Å². The van der Waals surface area contributed by atoms with Crippen molar-refractivity contribution in [2.45, 2.75) is 12.6 Å². The largest absolute Gasteiger partial charge is 0.465 e. The molecule has 2 saturated heterocycles. The standard InChI is InChI=1S/C14H15Cl2N3O3/c15-10-2-1-8(11(16)3-10)4-17-13(20)18-5-9-6-19(14(21)22)12(9)7-18/h1-3,9,12H,4-7H2,(H,17,20)(H,21,22). The number of hydrogen-bond acceptors (Lipinski definition) is 2. The maximum Gasteiger partial charge on any atom is 0.407 e. The minimum absolute atomic E-state index is 0.0673. The second-order valence-corrected chi connectivity index (χ2v) is 6.41. The molecule has 2 N–H and O–H groups in total. The number of carbonyl (C=O) groups is 2.